The van der Waals surface area contributed by atoms with E-state index in [1.165, 1.54) is 16.6 Å². The molecule has 3 aromatic rings. The van der Waals surface area contributed by atoms with Crippen LogP contribution in [-0.4, -0.2) is 27.1 Å². The molecule has 2 heterocycles. The molecule has 1 unspecified atom stereocenters. The molecule has 0 aliphatic heterocycles. The monoisotopic (exact) mass is 456 g/mol. The summed E-state index contributed by atoms with van der Waals surface area (Å²) in [6.45, 7) is 4.62. The highest BCUT2D eigenvalue weighted by Crippen LogP contribution is 2.36. The zero-order chi connectivity index (χ0) is 22.0. The topological polar surface area (TPSA) is 93.1 Å². The van der Waals surface area contributed by atoms with Crippen LogP contribution in [0.3, 0.4) is 0 Å². The summed E-state index contributed by atoms with van der Waals surface area (Å²) in [6.07, 6.45) is 3.01. The van der Waals surface area contributed by atoms with Crippen molar-refractivity contribution >= 4 is 45.1 Å². The summed E-state index contributed by atoms with van der Waals surface area (Å²) in [5, 5.41) is 1.27. The quantitative estimate of drug-likeness (QED) is 0.350. The Kier molecular flexibility index (Phi) is 6.43. The average molecular weight is 457 g/mol. The first-order valence-electron chi connectivity index (χ1n) is 10.3. The van der Waals surface area contributed by atoms with E-state index < -0.39 is 0 Å². The van der Waals surface area contributed by atoms with Crippen molar-refractivity contribution in [2.75, 3.05) is 5.75 Å². The highest BCUT2D eigenvalue weighted by Gasteiger charge is 2.24. The van der Waals surface area contributed by atoms with Crippen LogP contribution < -0.4 is 16.4 Å². The first-order chi connectivity index (χ1) is 15.0. The van der Waals surface area contributed by atoms with Gasteiger partial charge in [0.25, 0.3) is 11.5 Å². The van der Waals surface area contributed by atoms with Gasteiger partial charge in [0.15, 0.2) is 5.16 Å². The fourth-order valence-corrected chi connectivity index (χ4v) is 6.04. The second-order valence-corrected chi connectivity index (χ2v) is 9.66. The molecule has 0 spiro atoms. The van der Waals surface area contributed by atoms with Crippen LogP contribution in [-0.2, 0) is 24.2 Å². The number of hydrazine groups is 1. The Morgan fingerprint density at radius 3 is 2.77 bits per heavy atom. The van der Waals surface area contributed by atoms with Crippen LogP contribution in [0, 0.1) is 5.92 Å². The minimum absolute atomic E-state index is 0.0279. The molecule has 0 fully saturated rings. The molecule has 4 rings (SSSR count). The van der Waals surface area contributed by atoms with Crippen molar-refractivity contribution in [1.82, 2.24) is 20.4 Å². The smallest absolute Gasteiger partial charge is 0.269 e. The Morgan fingerprint density at radius 1 is 1.26 bits per heavy atom. The van der Waals surface area contributed by atoms with Gasteiger partial charge < -0.3 is 0 Å². The van der Waals surface area contributed by atoms with Crippen LogP contribution in [0.25, 0.3) is 10.2 Å². The van der Waals surface area contributed by atoms with Crippen LogP contribution in [0.2, 0.25) is 0 Å². The molecule has 1 atom stereocenters. The van der Waals surface area contributed by atoms with E-state index in [0.29, 0.717) is 23.2 Å². The fourth-order valence-electron chi connectivity index (χ4n) is 3.75. The van der Waals surface area contributed by atoms with Gasteiger partial charge in [-0.3, -0.25) is 29.8 Å². The van der Waals surface area contributed by atoms with E-state index in [1.807, 2.05) is 13.0 Å². The lowest BCUT2D eigenvalue weighted by Gasteiger charge is -2.17. The van der Waals surface area contributed by atoms with E-state index in [-0.39, 0.29) is 23.1 Å². The second kappa shape index (κ2) is 9.23. The number of aryl methyl sites for hydroxylation is 1. The summed E-state index contributed by atoms with van der Waals surface area (Å²) in [5.41, 5.74) is 6.41. The number of thiophene rings is 1. The molecule has 2 aromatic heterocycles. The number of benzene rings is 1. The van der Waals surface area contributed by atoms with E-state index in [1.54, 1.807) is 40.2 Å². The molecular formula is C22H24N4O3S2. The normalized spacial score (nSPS) is 15.5. The zero-order valence-corrected chi connectivity index (χ0v) is 19.1. The number of carbonyl (C=O) groups excluding carboxylic acids is 2. The molecular weight excluding hydrogens is 432 g/mol. The van der Waals surface area contributed by atoms with E-state index in [9.17, 15) is 14.4 Å². The minimum Gasteiger partial charge on any atom is -0.287 e. The van der Waals surface area contributed by atoms with Gasteiger partial charge in [-0.15, -0.1) is 11.3 Å². The molecule has 0 saturated heterocycles. The summed E-state index contributed by atoms with van der Waals surface area (Å²) in [7, 11) is 0. The molecule has 31 heavy (non-hydrogen) atoms. The van der Waals surface area contributed by atoms with Crippen LogP contribution in [0.5, 0.6) is 0 Å². The van der Waals surface area contributed by atoms with Crippen molar-refractivity contribution in [3.8, 4) is 0 Å². The van der Waals surface area contributed by atoms with E-state index in [4.69, 9.17) is 4.98 Å². The predicted molar refractivity (Wildman–Crippen MR) is 124 cm³/mol. The van der Waals surface area contributed by atoms with Crippen LogP contribution in [0.15, 0.2) is 40.3 Å². The maximum absolute atomic E-state index is 13.2. The van der Waals surface area contributed by atoms with Gasteiger partial charge in [-0.25, -0.2) is 4.98 Å². The lowest BCUT2D eigenvalue weighted by atomic mass is 9.89. The van der Waals surface area contributed by atoms with Gasteiger partial charge >= 0.3 is 0 Å². The molecule has 0 saturated carbocycles. The third-order valence-corrected chi connectivity index (χ3v) is 7.50. The van der Waals surface area contributed by atoms with E-state index in [2.05, 4.69) is 17.8 Å². The van der Waals surface area contributed by atoms with Crippen LogP contribution >= 0.6 is 23.1 Å². The standard InChI is InChI=1S/C22H24N4O3S2/c1-3-26-21(29)18-15-10-9-13(2)11-16(15)31-20(18)23-22(26)30-12-17(27)24-25-19(28)14-7-5-4-6-8-14/h4-8,13H,3,9-12H2,1-2H3,(H,24,27)(H,25,28). The number of carbonyl (C=O) groups is 2. The molecule has 0 bridgehead atoms. The predicted octanol–water partition coefficient (Wildman–Crippen LogP) is 3.16. The average Bonchev–Trinajstić information content (AvgIpc) is 3.14. The minimum atomic E-state index is -0.387. The molecule has 0 radical (unpaired) electrons. The molecule has 1 aromatic carbocycles. The largest absolute Gasteiger partial charge is 0.287 e. The molecule has 9 heteroatoms. The number of nitrogens with zero attached hydrogens (tertiary/aromatic N) is 2. The van der Waals surface area contributed by atoms with Crippen LogP contribution in [0.1, 0.15) is 41.1 Å². The number of hydrogen-bond donors (Lipinski definition) is 2. The van der Waals surface area contributed by atoms with E-state index in [0.717, 1.165) is 35.0 Å². The highest BCUT2D eigenvalue weighted by molar-refractivity contribution is 7.99. The number of thioether (sulfide) groups is 1. The Labute approximate surface area is 188 Å². The van der Waals surface area contributed by atoms with Gasteiger partial charge in [-0.2, -0.15) is 0 Å². The zero-order valence-electron chi connectivity index (χ0n) is 17.4. The summed E-state index contributed by atoms with van der Waals surface area (Å²) < 4.78 is 1.63. The SMILES string of the molecule is CCn1c(SCC(=O)NNC(=O)c2ccccc2)nc2sc3c(c2c1=O)CCC(C)C3. The molecule has 2 N–H and O–H groups in total. The number of hydrogen-bond acceptors (Lipinski definition) is 6. The van der Waals surface area contributed by atoms with Gasteiger partial charge in [-0.1, -0.05) is 36.9 Å². The van der Waals surface area contributed by atoms with Gasteiger partial charge in [0, 0.05) is 17.0 Å². The summed E-state index contributed by atoms with van der Waals surface area (Å²) >= 11 is 2.80. The van der Waals surface area contributed by atoms with Crippen molar-refractivity contribution < 1.29 is 9.59 Å². The molecule has 2 amide bonds. The molecule has 162 valence electrons. The van der Waals surface area contributed by atoms with Crippen molar-refractivity contribution in [3.63, 3.8) is 0 Å². The number of aromatic nitrogens is 2. The summed E-state index contributed by atoms with van der Waals surface area (Å²) in [6, 6.07) is 8.64. The lowest BCUT2D eigenvalue weighted by molar-refractivity contribution is -0.119. The third-order valence-electron chi connectivity index (χ3n) is 5.38. The summed E-state index contributed by atoms with van der Waals surface area (Å²) in [5.74, 6) is -0.0969. The van der Waals surface area contributed by atoms with Crippen molar-refractivity contribution in [3.05, 3.63) is 56.7 Å². The number of rotatable bonds is 5. The third kappa shape index (κ3) is 4.52. The highest BCUT2D eigenvalue weighted by atomic mass is 32.2. The Hall–Kier alpha value is -2.65. The first-order valence-corrected chi connectivity index (χ1v) is 12.1. The van der Waals surface area contributed by atoms with Gasteiger partial charge in [0.05, 0.1) is 11.1 Å². The van der Waals surface area contributed by atoms with E-state index >= 15 is 0 Å². The Balaban J connectivity index is 1.47. The molecule has 1 aliphatic carbocycles. The molecule has 1 aliphatic rings. The Bertz CT molecular complexity index is 1190. The Morgan fingerprint density at radius 2 is 2.03 bits per heavy atom. The maximum Gasteiger partial charge on any atom is 0.269 e. The van der Waals surface area contributed by atoms with Gasteiger partial charge in [-0.05, 0) is 49.8 Å². The molecule has 7 nitrogen and oxygen atoms in total. The number of nitrogens with one attached hydrogen (secondary N) is 2. The van der Waals surface area contributed by atoms with Crippen molar-refractivity contribution in [2.45, 2.75) is 44.8 Å². The van der Waals surface area contributed by atoms with Gasteiger partial charge in [0.2, 0.25) is 5.91 Å². The lowest BCUT2D eigenvalue weighted by Crippen LogP contribution is -2.42. The van der Waals surface area contributed by atoms with Crippen molar-refractivity contribution in [1.29, 1.82) is 0 Å². The second-order valence-electron chi connectivity index (χ2n) is 7.63. The number of fused-ring (bicyclic) bond motifs is 3. The first kappa shape index (κ1) is 21.6. The van der Waals surface area contributed by atoms with Gasteiger partial charge in [0.1, 0.15) is 4.83 Å². The maximum atomic E-state index is 13.2. The summed E-state index contributed by atoms with van der Waals surface area (Å²) in [4.78, 5) is 44.2. The van der Waals surface area contributed by atoms with Crippen molar-refractivity contribution in [2.24, 2.45) is 5.92 Å². The fraction of sp³-hybridized carbons (Fsp3) is 0.364. The van der Waals surface area contributed by atoms with Crippen LogP contribution in [0.4, 0.5) is 0 Å². The number of amides is 2.